The van der Waals surface area contributed by atoms with Crippen molar-refractivity contribution in [2.45, 2.75) is 6.10 Å². The van der Waals surface area contributed by atoms with Gasteiger partial charge < -0.3 is 19.5 Å². The van der Waals surface area contributed by atoms with Crippen LogP contribution in [0.25, 0.3) is 10.9 Å². The summed E-state index contributed by atoms with van der Waals surface area (Å²) in [5.74, 6) is 0.613. The molecule has 4 rings (SSSR count). The Bertz CT molecular complexity index is 903. The minimum absolute atomic E-state index is 0.0172. The van der Waals surface area contributed by atoms with Gasteiger partial charge in [0.05, 0.1) is 18.8 Å². The highest BCUT2D eigenvalue weighted by Gasteiger charge is 2.28. The normalized spacial score (nSPS) is 17.5. The van der Waals surface area contributed by atoms with Crippen molar-refractivity contribution in [3.63, 3.8) is 0 Å². The molecule has 26 heavy (non-hydrogen) atoms. The number of benzene rings is 1. The number of amides is 1. The molecule has 2 aromatic heterocycles. The lowest BCUT2D eigenvalue weighted by Gasteiger charge is -2.32. The van der Waals surface area contributed by atoms with E-state index in [1.54, 1.807) is 6.20 Å². The first kappa shape index (κ1) is 16.5. The van der Waals surface area contributed by atoms with Crippen LogP contribution in [0.4, 0.5) is 5.95 Å². The summed E-state index contributed by atoms with van der Waals surface area (Å²) in [7, 11) is 3.79. The van der Waals surface area contributed by atoms with Gasteiger partial charge in [-0.2, -0.15) is 0 Å². The number of aromatic amines is 1. The Balaban J connectivity index is 1.54. The van der Waals surface area contributed by atoms with Crippen molar-refractivity contribution in [1.82, 2.24) is 19.9 Å². The van der Waals surface area contributed by atoms with Crippen molar-refractivity contribution in [1.29, 1.82) is 0 Å². The second-order valence-corrected chi connectivity index (χ2v) is 6.56. The number of nitrogens with one attached hydrogen (secondary N) is 1. The molecular weight excluding hydrogens is 330 g/mol. The molecule has 1 amide bonds. The number of ether oxygens (including phenoxy) is 1. The Morgan fingerprint density at radius 2 is 2.15 bits per heavy atom. The Kier molecular flexibility index (Phi) is 4.30. The Labute approximate surface area is 151 Å². The van der Waals surface area contributed by atoms with Crippen LogP contribution < -0.4 is 4.90 Å². The summed E-state index contributed by atoms with van der Waals surface area (Å²) in [4.78, 5) is 28.6. The number of fused-ring (bicyclic) bond motifs is 1. The monoisotopic (exact) mass is 351 g/mol. The van der Waals surface area contributed by atoms with Crippen LogP contribution in [-0.4, -0.2) is 59.6 Å². The summed E-state index contributed by atoms with van der Waals surface area (Å²) in [5, 5.41) is 1.03. The smallest absolute Gasteiger partial charge is 0.270 e. The van der Waals surface area contributed by atoms with Crippen molar-refractivity contribution < 1.29 is 9.53 Å². The van der Waals surface area contributed by atoms with Crippen LogP contribution in [-0.2, 0) is 4.74 Å². The molecule has 1 N–H and O–H groups in total. The molecule has 0 spiro atoms. The van der Waals surface area contributed by atoms with Crippen LogP contribution in [0.3, 0.4) is 0 Å². The second kappa shape index (κ2) is 6.76. The number of nitrogens with zero attached hydrogens (tertiary/aromatic N) is 4. The van der Waals surface area contributed by atoms with Crippen LogP contribution in [0.5, 0.6) is 0 Å². The van der Waals surface area contributed by atoms with Crippen LogP contribution in [0, 0.1) is 0 Å². The number of anilines is 1. The number of H-pyrrole nitrogens is 1. The van der Waals surface area contributed by atoms with Crippen LogP contribution in [0.15, 0.2) is 42.6 Å². The summed E-state index contributed by atoms with van der Waals surface area (Å²) in [6.45, 7) is 1.52. The Morgan fingerprint density at radius 3 is 2.96 bits per heavy atom. The van der Waals surface area contributed by atoms with Crippen molar-refractivity contribution >= 4 is 22.8 Å². The predicted molar refractivity (Wildman–Crippen MR) is 99.3 cm³/mol. The summed E-state index contributed by atoms with van der Waals surface area (Å²) < 4.78 is 5.86. The van der Waals surface area contributed by atoms with E-state index in [0.29, 0.717) is 31.3 Å². The molecular formula is C19H21N5O2. The van der Waals surface area contributed by atoms with E-state index in [4.69, 9.17) is 4.74 Å². The molecule has 1 aliphatic rings. The summed E-state index contributed by atoms with van der Waals surface area (Å²) in [6, 6.07) is 11.6. The first-order valence-electron chi connectivity index (χ1n) is 8.61. The van der Waals surface area contributed by atoms with Crippen molar-refractivity contribution in [3.8, 4) is 0 Å². The molecule has 1 fully saturated rings. The number of rotatable bonds is 3. The molecule has 3 aromatic rings. The fraction of sp³-hybridized carbons (Fsp3) is 0.316. The lowest BCUT2D eigenvalue weighted by molar-refractivity contribution is -0.0248. The Morgan fingerprint density at radius 1 is 1.31 bits per heavy atom. The number of morpholine rings is 1. The molecule has 7 nitrogen and oxygen atoms in total. The SMILES string of the molecule is CN(C)c1nccc([C@H]2CN(C(=O)c3cc4ccccc4[nH]3)CCO2)n1. The molecule has 0 radical (unpaired) electrons. The molecule has 1 saturated heterocycles. The quantitative estimate of drug-likeness (QED) is 0.783. The average Bonchev–Trinajstić information content (AvgIpc) is 3.12. The van der Waals surface area contributed by atoms with Gasteiger partial charge in [-0.3, -0.25) is 4.79 Å². The third-order valence-electron chi connectivity index (χ3n) is 4.51. The van der Waals surface area contributed by atoms with Gasteiger partial charge in [0.25, 0.3) is 5.91 Å². The maximum Gasteiger partial charge on any atom is 0.270 e. The molecule has 134 valence electrons. The van der Waals surface area contributed by atoms with E-state index in [2.05, 4.69) is 15.0 Å². The second-order valence-electron chi connectivity index (χ2n) is 6.56. The molecule has 3 heterocycles. The molecule has 1 aromatic carbocycles. The van der Waals surface area contributed by atoms with Gasteiger partial charge in [-0.05, 0) is 18.2 Å². The topological polar surface area (TPSA) is 74.4 Å². The zero-order valence-corrected chi connectivity index (χ0v) is 14.8. The number of carbonyl (C=O) groups excluding carboxylic acids is 1. The van der Waals surface area contributed by atoms with Crippen LogP contribution in [0.1, 0.15) is 22.3 Å². The highest BCUT2D eigenvalue weighted by molar-refractivity contribution is 5.98. The molecule has 7 heteroatoms. The largest absolute Gasteiger partial charge is 0.368 e. The van der Waals surface area contributed by atoms with E-state index >= 15 is 0 Å². The zero-order valence-electron chi connectivity index (χ0n) is 14.8. The number of hydrogen-bond acceptors (Lipinski definition) is 5. The lowest BCUT2D eigenvalue weighted by Crippen LogP contribution is -2.42. The van der Waals surface area contributed by atoms with E-state index < -0.39 is 0 Å². The number of para-hydroxylation sites is 1. The lowest BCUT2D eigenvalue weighted by atomic mass is 10.2. The van der Waals surface area contributed by atoms with Gasteiger partial charge in [-0.1, -0.05) is 18.2 Å². The predicted octanol–water partition coefficient (Wildman–Crippen LogP) is 2.24. The first-order chi connectivity index (χ1) is 12.6. The third kappa shape index (κ3) is 3.13. The fourth-order valence-electron chi connectivity index (χ4n) is 3.13. The van der Waals surface area contributed by atoms with E-state index in [1.165, 1.54) is 0 Å². The number of aromatic nitrogens is 3. The molecule has 0 bridgehead atoms. The zero-order chi connectivity index (χ0) is 18.1. The third-order valence-corrected chi connectivity index (χ3v) is 4.51. The van der Waals surface area contributed by atoms with Crippen molar-refractivity contribution in [2.75, 3.05) is 38.7 Å². The minimum Gasteiger partial charge on any atom is -0.368 e. The fourth-order valence-corrected chi connectivity index (χ4v) is 3.13. The van der Waals surface area contributed by atoms with Gasteiger partial charge in [0.1, 0.15) is 11.8 Å². The summed E-state index contributed by atoms with van der Waals surface area (Å²) in [5.41, 5.74) is 2.36. The van der Waals surface area contributed by atoms with Crippen molar-refractivity contribution in [2.24, 2.45) is 0 Å². The standard InChI is InChI=1S/C19H21N5O2/c1-23(2)19-20-8-7-15(22-19)17-12-24(9-10-26-17)18(25)16-11-13-5-3-4-6-14(13)21-16/h3-8,11,17,21H,9-10,12H2,1-2H3/t17-/m1/s1. The minimum atomic E-state index is -0.251. The van der Waals surface area contributed by atoms with Gasteiger partial charge in [0, 0.05) is 37.7 Å². The van der Waals surface area contributed by atoms with Gasteiger partial charge >= 0.3 is 0 Å². The molecule has 0 unspecified atom stereocenters. The van der Waals surface area contributed by atoms with E-state index in [9.17, 15) is 4.79 Å². The molecule has 0 aliphatic carbocycles. The molecule has 0 saturated carbocycles. The van der Waals surface area contributed by atoms with Crippen LogP contribution >= 0.6 is 0 Å². The van der Waals surface area contributed by atoms with Crippen LogP contribution in [0.2, 0.25) is 0 Å². The van der Waals surface area contributed by atoms with Gasteiger partial charge in [-0.15, -0.1) is 0 Å². The van der Waals surface area contributed by atoms with Crippen molar-refractivity contribution in [3.05, 3.63) is 54.0 Å². The van der Waals surface area contributed by atoms with Gasteiger partial charge in [-0.25, -0.2) is 9.97 Å². The highest BCUT2D eigenvalue weighted by atomic mass is 16.5. The van der Waals surface area contributed by atoms with E-state index in [-0.39, 0.29) is 12.0 Å². The molecule has 1 atom stereocenters. The highest BCUT2D eigenvalue weighted by Crippen LogP contribution is 2.23. The number of carbonyl (C=O) groups is 1. The maximum absolute atomic E-state index is 12.9. The van der Waals surface area contributed by atoms with E-state index in [0.717, 1.165) is 16.6 Å². The maximum atomic E-state index is 12.9. The summed E-state index contributed by atoms with van der Waals surface area (Å²) >= 11 is 0. The number of hydrogen-bond donors (Lipinski definition) is 1. The van der Waals surface area contributed by atoms with Gasteiger partial charge in [0.2, 0.25) is 5.95 Å². The Hall–Kier alpha value is -2.93. The van der Waals surface area contributed by atoms with E-state index in [1.807, 2.05) is 60.3 Å². The first-order valence-corrected chi connectivity index (χ1v) is 8.61. The molecule has 1 aliphatic heterocycles. The summed E-state index contributed by atoms with van der Waals surface area (Å²) in [6.07, 6.45) is 1.47. The van der Waals surface area contributed by atoms with Gasteiger partial charge in [0.15, 0.2) is 0 Å². The average molecular weight is 351 g/mol.